The van der Waals surface area contributed by atoms with Crippen LogP contribution in [0.25, 0.3) is 0 Å². The lowest BCUT2D eigenvalue weighted by molar-refractivity contribution is -0.480. The fourth-order valence-corrected chi connectivity index (χ4v) is 1.31. The Bertz CT molecular complexity index is 380. The molecule has 1 aromatic rings. The van der Waals surface area contributed by atoms with Crippen LogP contribution in [0.1, 0.15) is 17.5 Å². The normalized spacial score (nSPS) is 10.3. The van der Waals surface area contributed by atoms with Crippen molar-refractivity contribution in [3.63, 3.8) is 0 Å². The van der Waals surface area contributed by atoms with E-state index in [4.69, 9.17) is 0 Å². The van der Waals surface area contributed by atoms with Crippen LogP contribution in [-0.4, -0.2) is 11.5 Å². The van der Waals surface area contributed by atoms with Crippen molar-refractivity contribution in [3.8, 4) is 0 Å². The van der Waals surface area contributed by atoms with Crippen molar-refractivity contribution in [3.05, 3.63) is 45.0 Å². The Labute approximate surface area is 85.9 Å². The van der Waals surface area contributed by atoms with Gasteiger partial charge in [-0.25, -0.2) is 8.78 Å². The van der Waals surface area contributed by atoms with Gasteiger partial charge in [0.05, 0.1) is 0 Å². The van der Waals surface area contributed by atoms with Crippen LogP contribution in [0.4, 0.5) is 8.78 Å². The molecule has 0 aliphatic carbocycles. The molecule has 0 bridgehead atoms. The van der Waals surface area contributed by atoms with Crippen molar-refractivity contribution in [1.82, 2.24) is 0 Å². The van der Waals surface area contributed by atoms with Crippen LogP contribution >= 0.6 is 0 Å². The summed E-state index contributed by atoms with van der Waals surface area (Å²) >= 11 is 0. The summed E-state index contributed by atoms with van der Waals surface area (Å²) in [6.07, 6.45) is 0.517. The van der Waals surface area contributed by atoms with E-state index < -0.39 is 16.6 Å². The lowest BCUT2D eigenvalue weighted by atomic mass is 10.1. The van der Waals surface area contributed by atoms with E-state index in [1.54, 1.807) is 0 Å². The molecular weight excluding hydrogens is 204 g/mol. The highest BCUT2D eigenvalue weighted by Crippen LogP contribution is 2.15. The summed E-state index contributed by atoms with van der Waals surface area (Å²) < 4.78 is 26.0. The first-order valence-electron chi connectivity index (χ1n) is 4.57. The summed E-state index contributed by atoms with van der Waals surface area (Å²) in [6.45, 7) is 1.33. The molecule has 0 aliphatic rings. The molecule has 5 heteroatoms. The highest BCUT2D eigenvalue weighted by atomic mass is 19.1. The molecule has 15 heavy (non-hydrogen) atoms. The number of rotatable bonds is 4. The van der Waals surface area contributed by atoms with Gasteiger partial charge in [0, 0.05) is 17.4 Å². The minimum atomic E-state index is -0.638. The quantitative estimate of drug-likeness (QED) is 0.572. The lowest BCUT2D eigenvalue weighted by Gasteiger charge is -2.04. The Morgan fingerprint density at radius 2 is 2.00 bits per heavy atom. The Kier molecular flexibility index (Phi) is 3.71. The minimum absolute atomic E-state index is 0.199. The smallest absolute Gasteiger partial charge is 0.204 e. The second kappa shape index (κ2) is 4.82. The minimum Gasteiger partial charge on any atom is -0.265 e. The van der Waals surface area contributed by atoms with Gasteiger partial charge in [0.15, 0.2) is 0 Å². The van der Waals surface area contributed by atoms with E-state index >= 15 is 0 Å². The van der Waals surface area contributed by atoms with Gasteiger partial charge in [0.1, 0.15) is 11.6 Å². The van der Waals surface area contributed by atoms with Crippen LogP contribution in [0.15, 0.2) is 12.1 Å². The molecule has 0 aliphatic heterocycles. The van der Waals surface area contributed by atoms with E-state index in [1.807, 2.05) is 0 Å². The van der Waals surface area contributed by atoms with Crippen molar-refractivity contribution in [2.75, 3.05) is 6.54 Å². The van der Waals surface area contributed by atoms with Gasteiger partial charge in [-0.1, -0.05) is 6.07 Å². The predicted molar refractivity (Wildman–Crippen MR) is 51.3 cm³/mol. The van der Waals surface area contributed by atoms with E-state index in [0.717, 1.165) is 6.07 Å². The zero-order valence-corrected chi connectivity index (χ0v) is 8.30. The third-order valence-corrected chi connectivity index (χ3v) is 2.11. The topological polar surface area (TPSA) is 43.1 Å². The van der Waals surface area contributed by atoms with Gasteiger partial charge in [0.2, 0.25) is 6.54 Å². The molecule has 3 nitrogen and oxygen atoms in total. The molecule has 0 atom stereocenters. The van der Waals surface area contributed by atoms with E-state index in [9.17, 15) is 18.9 Å². The van der Waals surface area contributed by atoms with Gasteiger partial charge in [0.25, 0.3) is 0 Å². The van der Waals surface area contributed by atoms with Crippen LogP contribution in [0.2, 0.25) is 0 Å². The molecule has 0 unspecified atom stereocenters. The highest BCUT2D eigenvalue weighted by molar-refractivity contribution is 5.25. The molecule has 0 saturated carbocycles. The average molecular weight is 215 g/mol. The van der Waals surface area contributed by atoms with Crippen LogP contribution in [0.3, 0.4) is 0 Å². The van der Waals surface area contributed by atoms with Crippen LogP contribution < -0.4 is 0 Å². The zero-order chi connectivity index (χ0) is 11.4. The zero-order valence-electron chi connectivity index (χ0n) is 8.30. The maximum atomic E-state index is 13.1. The van der Waals surface area contributed by atoms with Gasteiger partial charge in [-0.05, 0) is 24.5 Å². The summed E-state index contributed by atoms with van der Waals surface area (Å²) in [5.41, 5.74) is 0.684. The van der Waals surface area contributed by atoms with Gasteiger partial charge < -0.3 is 0 Å². The number of hydrogen-bond donors (Lipinski definition) is 0. The summed E-state index contributed by atoms with van der Waals surface area (Å²) in [6, 6.07) is 2.21. The number of hydrogen-bond acceptors (Lipinski definition) is 2. The Hall–Kier alpha value is -1.52. The first-order chi connectivity index (χ1) is 7.00. The second-order valence-electron chi connectivity index (χ2n) is 3.35. The van der Waals surface area contributed by atoms with Crippen LogP contribution in [-0.2, 0) is 6.42 Å². The van der Waals surface area contributed by atoms with E-state index in [2.05, 4.69) is 0 Å². The monoisotopic (exact) mass is 215 g/mol. The molecule has 0 aromatic heterocycles. The number of halogens is 2. The Balaban J connectivity index is 2.69. The fraction of sp³-hybridized carbons (Fsp3) is 0.400. The summed E-state index contributed by atoms with van der Waals surface area (Å²) in [5, 5.41) is 10.0. The van der Waals surface area contributed by atoms with Crippen LogP contribution in [0.5, 0.6) is 0 Å². The Morgan fingerprint density at radius 3 is 2.60 bits per heavy atom. The first kappa shape index (κ1) is 11.6. The molecule has 0 heterocycles. The third-order valence-electron chi connectivity index (χ3n) is 2.11. The number of nitrogens with zero attached hydrogens (tertiary/aromatic N) is 1. The van der Waals surface area contributed by atoms with Crippen molar-refractivity contribution >= 4 is 0 Å². The van der Waals surface area contributed by atoms with E-state index in [0.29, 0.717) is 11.1 Å². The summed E-state index contributed by atoms with van der Waals surface area (Å²) in [7, 11) is 0. The van der Waals surface area contributed by atoms with Gasteiger partial charge in [-0.3, -0.25) is 10.1 Å². The molecule has 1 aromatic carbocycles. The standard InChI is InChI=1S/C10H11F2NO2/c1-7-5-8(3-2-4-13(14)15)10(12)6-9(7)11/h5-6H,2-4H2,1H3. The number of aryl methyl sites for hydroxylation is 2. The largest absolute Gasteiger partial charge is 0.265 e. The van der Waals surface area contributed by atoms with Gasteiger partial charge in [-0.15, -0.1) is 0 Å². The molecule has 0 N–H and O–H groups in total. The van der Waals surface area contributed by atoms with E-state index in [-0.39, 0.29) is 19.4 Å². The van der Waals surface area contributed by atoms with Crippen molar-refractivity contribution in [2.24, 2.45) is 0 Å². The highest BCUT2D eigenvalue weighted by Gasteiger charge is 2.08. The van der Waals surface area contributed by atoms with E-state index in [1.165, 1.54) is 13.0 Å². The molecule has 0 amide bonds. The van der Waals surface area contributed by atoms with Gasteiger partial charge >= 0.3 is 0 Å². The second-order valence-corrected chi connectivity index (χ2v) is 3.35. The molecule has 1 rings (SSSR count). The maximum absolute atomic E-state index is 13.1. The summed E-state index contributed by atoms with van der Waals surface area (Å²) in [4.78, 5) is 9.60. The predicted octanol–water partition coefficient (Wildman–Crippen LogP) is 2.48. The van der Waals surface area contributed by atoms with Crippen LogP contribution in [0, 0.1) is 28.7 Å². The van der Waals surface area contributed by atoms with Crippen molar-refractivity contribution in [2.45, 2.75) is 19.8 Å². The molecule has 0 spiro atoms. The molecule has 0 radical (unpaired) electrons. The maximum Gasteiger partial charge on any atom is 0.204 e. The third kappa shape index (κ3) is 3.27. The Morgan fingerprint density at radius 1 is 1.33 bits per heavy atom. The molecule has 0 fully saturated rings. The number of nitro groups is 1. The molecule has 0 saturated heterocycles. The van der Waals surface area contributed by atoms with Gasteiger partial charge in [-0.2, -0.15) is 0 Å². The van der Waals surface area contributed by atoms with Crippen molar-refractivity contribution in [1.29, 1.82) is 0 Å². The SMILES string of the molecule is Cc1cc(CCC[N+](=O)[O-])c(F)cc1F. The fourth-order valence-electron chi connectivity index (χ4n) is 1.31. The molecular formula is C10H11F2NO2. The average Bonchev–Trinajstić information content (AvgIpc) is 2.13. The van der Waals surface area contributed by atoms with Crippen molar-refractivity contribution < 1.29 is 13.7 Å². The molecule has 82 valence electrons. The first-order valence-corrected chi connectivity index (χ1v) is 4.57. The lowest BCUT2D eigenvalue weighted by Crippen LogP contribution is -2.03. The summed E-state index contributed by atoms with van der Waals surface area (Å²) in [5.74, 6) is -1.23. The number of benzene rings is 1.